The molecule has 3 heterocycles. The molecule has 3 aliphatic heterocycles. The Morgan fingerprint density at radius 3 is 2.50 bits per heavy atom. The molecular formula is C15H18O7. The van der Waals surface area contributed by atoms with Crippen molar-refractivity contribution >= 4 is 5.97 Å². The van der Waals surface area contributed by atoms with Gasteiger partial charge in [-0.15, -0.1) is 0 Å². The summed E-state index contributed by atoms with van der Waals surface area (Å²) in [6, 6.07) is 0. The van der Waals surface area contributed by atoms with Gasteiger partial charge in [-0.25, -0.2) is 0 Å². The summed E-state index contributed by atoms with van der Waals surface area (Å²) in [5, 5.41) is 33.5. The molecule has 3 N–H and O–H groups in total. The van der Waals surface area contributed by atoms with Crippen LogP contribution in [0.2, 0.25) is 0 Å². The van der Waals surface area contributed by atoms with Gasteiger partial charge in [-0.2, -0.15) is 0 Å². The summed E-state index contributed by atoms with van der Waals surface area (Å²) < 4.78 is 16.4. The van der Waals surface area contributed by atoms with Gasteiger partial charge in [0.2, 0.25) is 0 Å². The average molecular weight is 310 g/mol. The maximum absolute atomic E-state index is 12.4. The van der Waals surface area contributed by atoms with Crippen LogP contribution in [0.1, 0.15) is 13.8 Å². The Kier molecular flexibility index (Phi) is 1.92. The fourth-order valence-electron chi connectivity index (χ4n) is 5.46. The summed E-state index contributed by atoms with van der Waals surface area (Å²) >= 11 is 0. The van der Waals surface area contributed by atoms with Crippen molar-refractivity contribution in [2.45, 2.75) is 55.1 Å². The summed E-state index contributed by atoms with van der Waals surface area (Å²) in [6.07, 6.45) is -3.46. The summed E-state index contributed by atoms with van der Waals surface area (Å²) in [5.41, 5.74) is -5.26. The molecule has 0 amide bonds. The fraction of sp³-hybridized carbons (Fsp3) is 0.800. The molecule has 0 aromatic rings. The summed E-state index contributed by atoms with van der Waals surface area (Å²) in [5.74, 6) is -1.97. The van der Waals surface area contributed by atoms with Crippen LogP contribution in [0.15, 0.2) is 12.2 Å². The Bertz CT molecular complexity index is 642. The van der Waals surface area contributed by atoms with Crippen molar-refractivity contribution in [1.82, 2.24) is 0 Å². The van der Waals surface area contributed by atoms with Gasteiger partial charge in [0.1, 0.15) is 41.0 Å². The van der Waals surface area contributed by atoms with Crippen LogP contribution in [-0.4, -0.2) is 69.1 Å². The Labute approximate surface area is 126 Å². The number of aliphatic hydroxyl groups excluding tert-OH is 1. The highest BCUT2D eigenvalue weighted by atomic mass is 16.7. The van der Waals surface area contributed by atoms with Crippen molar-refractivity contribution < 1.29 is 34.3 Å². The van der Waals surface area contributed by atoms with Crippen LogP contribution in [-0.2, 0) is 19.0 Å². The number of carbonyl (C=O) groups is 1. The number of hydrogen-bond donors (Lipinski definition) is 3. The zero-order valence-electron chi connectivity index (χ0n) is 12.3. The molecule has 5 fully saturated rings. The molecule has 5 rings (SSSR count). The van der Waals surface area contributed by atoms with Crippen molar-refractivity contribution in [2.24, 2.45) is 11.3 Å². The van der Waals surface area contributed by atoms with E-state index in [0.717, 1.165) is 0 Å². The molecule has 5 aliphatic rings. The summed E-state index contributed by atoms with van der Waals surface area (Å²) in [7, 11) is 0. The van der Waals surface area contributed by atoms with E-state index in [1.54, 1.807) is 13.8 Å². The molecular weight excluding hydrogens is 292 g/mol. The first kappa shape index (κ1) is 13.4. The second-order valence-corrected chi connectivity index (χ2v) is 7.52. The zero-order valence-corrected chi connectivity index (χ0v) is 12.3. The van der Waals surface area contributed by atoms with Crippen LogP contribution in [0.4, 0.5) is 0 Å². The Hall–Kier alpha value is -0.990. The largest absolute Gasteiger partial charge is 0.456 e. The standard InChI is InChI=1S/C15H18O7/c1-5(2)14(18)6-11(17)22-8(14)7(16)12(3)13(4-20-13)9-10(21-9)15(6,12)19/h6-10,16,18-19H,1,4H2,2-3H3/t6-,7-,8+,9-,10+,12+,13-,14-,15+/m1/s1. The van der Waals surface area contributed by atoms with E-state index in [2.05, 4.69) is 6.58 Å². The predicted molar refractivity (Wildman–Crippen MR) is 69.5 cm³/mol. The smallest absolute Gasteiger partial charge is 0.315 e. The van der Waals surface area contributed by atoms with Gasteiger partial charge in [0, 0.05) is 0 Å². The molecule has 2 bridgehead atoms. The second kappa shape index (κ2) is 3.14. The van der Waals surface area contributed by atoms with Gasteiger partial charge in [0.25, 0.3) is 0 Å². The molecule has 7 nitrogen and oxygen atoms in total. The third-order valence-electron chi connectivity index (χ3n) is 6.91. The third-order valence-corrected chi connectivity index (χ3v) is 6.91. The SMILES string of the molecule is C=C(C)[C@@]1(O)[C@H]2C(=O)O[C@H]1[C@@H](O)[C@]1(C)[C@@]2(O)[C@H]2O[C@H]2[C@]12CO2. The lowest BCUT2D eigenvalue weighted by Gasteiger charge is -2.56. The second-order valence-electron chi connectivity index (χ2n) is 7.52. The Morgan fingerprint density at radius 2 is 1.95 bits per heavy atom. The molecule has 3 saturated heterocycles. The average Bonchev–Trinajstić information content (AvgIpc) is 3.30. The van der Waals surface area contributed by atoms with Gasteiger partial charge in [-0.05, 0) is 12.5 Å². The molecule has 0 unspecified atom stereocenters. The maximum atomic E-state index is 12.4. The normalized spacial score (nSPS) is 66.8. The van der Waals surface area contributed by atoms with Crippen LogP contribution in [0.3, 0.4) is 0 Å². The number of aliphatic hydroxyl groups is 3. The molecule has 0 radical (unpaired) electrons. The fourth-order valence-corrected chi connectivity index (χ4v) is 5.46. The highest BCUT2D eigenvalue weighted by Crippen LogP contribution is 2.76. The molecule has 0 aromatic heterocycles. The summed E-state index contributed by atoms with van der Waals surface area (Å²) in [4.78, 5) is 12.4. The van der Waals surface area contributed by atoms with Crippen molar-refractivity contribution in [1.29, 1.82) is 0 Å². The van der Waals surface area contributed by atoms with E-state index in [-0.39, 0.29) is 11.7 Å². The van der Waals surface area contributed by atoms with Gasteiger partial charge < -0.3 is 29.5 Å². The Morgan fingerprint density at radius 1 is 1.32 bits per heavy atom. The minimum absolute atomic E-state index is 0.276. The number of hydrogen-bond acceptors (Lipinski definition) is 7. The van der Waals surface area contributed by atoms with Gasteiger partial charge in [-0.3, -0.25) is 4.79 Å². The quantitative estimate of drug-likeness (QED) is 0.307. The molecule has 1 spiro atoms. The number of rotatable bonds is 1. The minimum atomic E-state index is -1.82. The molecule has 120 valence electrons. The molecule has 9 atom stereocenters. The topological polar surface area (TPSA) is 112 Å². The predicted octanol–water partition coefficient (Wildman–Crippen LogP) is -1.50. The van der Waals surface area contributed by atoms with Crippen LogP contribution >= 0.6 is 0 Å². The first-order valence-corrected chi connectivity index (χ1v) is 7.46. The number of epoxide rings is 2. The monoisotopic (exact) mass is 310 g/mol. The van der Waals surface area contributed by atoms with E-state index < -0.39 is 52.4 Å². The number of ether oxygens (including phenoxy) is 3. The summed E-state index contributed by atoms with van der Waals surface area (Å²) in [6.45, 7) is 7.35. The van der Waals surface area contributed by atoms with E-state index in [9.17, 15) is 20.1 Å². The van der Waals surface area contributed by atoms with Crippen molar-refractivity contribution in [3.8, 4) is 0 Å². The molecule has 2 saturated carbocycles. The van der Waals surface area contributed by atoms with Crippen LogP contribution in [0, 0.1) is 11.3 Å². The highest BCUT2D eigenvalue weighted by molar-refractivity contribution is 5.82. The lowest BCUT2D eigenvalue weighted by Crippen LogP contribution is -2.76. The van der Waals surface area contributed by atoms with E-state index >= 15 is 0 Å². The number of fused-ring (bicyclic) bond motifs is 8. The highest BCUT2D eigenvalue weighted by Gasteiger charge is 2.96. The van der Waals surface area contributed by atoms with Crippen LogP contribution in [0.25, 0.3) is 0 Å². The van der Waals surface area contributed by atoms with Crippen molar-refractivity contribution in [2.75, 3.05) is 6.61 Å². The first-order valence-electron chi connectivity index (χ1n) is 7.46. The van der Waals surface area contributed by atoms with Gasteiger partial charge in [0.15, 0.2) is 6.10 Å². The van der Waals surface area contributed by atoms with Crippen LogP contribution < -0.4 is 0 Å². The van der Waals surface area contributed by atoms with Crippen molar-refractivity contribution in [3.63, 3.8) is 0 Å². The van der Waals surface area contributed by atoms with E-state index in [4.69, 9.17) is 14.2 Å². The van der Waals surface area contributed by atoms with Gasteiger partial charge >= 0.3 is 5.97 Å². The maximum Gasteiger partial charge on any atom is 0.315 e. The molecule has 22 heavy (non-hydrogen) atoms. The lowest BCUT2D eigenvalue weighted by molar-refractivity contribution is -0.267. The Balaban J connectivity index is 1.79. The number of esters is 1. The van der Waals surface area contributed by atoms with E-state index in [1.165, 1.54) is 0 Å². The first-order chi connectivity index (χ1) is 10.2. The number of carbonyl (C=O) groups excluding carboxylic acids is 1. The zero-order chi connectivity index (χ0) is 15.9. The van der Waals surface area contributed by atoms with Crippen LogP contribution in [0.5, 0.6) is 0 Å². The lowest BCUT2D eigenvalue weighted by atomic mass is 9.50. The molecule has 7 heteroatoms. The molecule has 2 aliphatic carbocycles. The minimum Gasteiger partial charge on any atom is -0.456 e. The van der Waals surface area contributed by atoms with E-state index in [1.807, 2.05) is 0 Å². The third kappa shape index (κ3) is 0.917. The van der Waals surface area contributed by atoms with Gasteiger partial charge in [-0.1, -0.05) is 13.5 Å². The van der Waals surface area contributed by atoms with Crippen molar-refractivity contribution in [3.05, 3.63) is 12.2 Å². The van der Waals surface area contributed by atoms with E-state index in [0.29, 0.717) is 6.61 Å². The van der Waals surface area contributed by atoms with Gasteiger partial charge in [0.05, 0.1) is 12.0 Å². The molecule has 0 aromatic carbocycles.